The molecule has 0 spiro atoms. The van der Waals surface area contributed by atoms with Gasteiger partial charge in [0, 0.05) is 17.9 Å². The Hall–Kier alpha value is -1.30. The molecule has 3 rings (SSSR count). The Labute approximate surface area is 131 Å². The third kappa shape index (κ3) is 2.54. The fraction of sp³-hybridized carbons (Fsp3) is 0.267. The van der Waals surface area contributed by atoms with Gasteiger partial charge in [-0.25, -0.2) is 4.98 Å². The molecule has 19 heavy (non-hydrogen) atoms. The van der Waals surface area contributed by atoms with Gasteiger partial charge in [-0.05, 0) is 38.1 Å². The lowest BCUT2D eigenvalue weighted by Gasteiger charge is -2.24. The van der Waals surface area contributed by atoms with Gasteiger partial charge in [-0.3, -0.25) is 0 Å². The van der Waals surface area contributed by atoms with Crippen LogP contribution < -0.4 is 9.80 Å². The Morgan fingerprint density at radius 2 is 1.79 bits per heavy atom. The van der Waals surface area contributed by atoms with Crippen molar-refractivity contribution in [1.82, 2.24) is 4.98 Å². The summed E-state index contributed by atoms with van der Waals surface area (Å²) in [6.07, 6.45) is 1.86. The van der Waals surface area contributed by atoms with Gasteiger partial charge in [-0.15, -0.1) is 24.0 Å². The molecule has 1 aromatic heterocycles. The summed E-state index contributed by atoms with van der Waals surface area (Å²) in [5, 5.41) is 0. The van der Waals surface area contributed by atoms with Crippen molar-refractivity contribution in [3.8, 4) is 0 Å². The van der Waals surface area contributed by atoms with Crippen molar-refractivity contribution < 1.29 is 0 Å². The third-order valence-electron chi connectivity index (χ3n) is 3.32. The van der Waals surface area contributed by atoms with Crippen LogP contribution in [0.25, 0.3) is 0 Å². The molecule has 0 aliphatic carbocycles. The number of halogens is 1. The molecule has 0 saturated heterocycles. The fourth-order valence-corrected chi connectivity index (χ4v) is 2.37. The van der Waals surface area contributed by atoms with Crippen LogP contribution in [-0.4, -0.2) is 17.7 Å². The van der Waals surface area contributed by atoms with Gasteiger partial charge in [-0.2, -0.15) is 0 Å². The number of nitrogens with zero attached hydrogens (tertiary/aromatic N) is 3. The molecule has 0 N–H and O–H groups in total. The minimum atomic E-state index is 0. The highest BCUT2D eigenvalue weighted by Gasteiger charge is 2.29. The number of aromatic nitrogens is 1. The van der Waals surface area contributed by atoms with Crippen LogP contribution in [0.4, 0.5) is 17.2 Å². The van der Waals surface area contributed by atoms with Gasteiger partial charge < -0.3 is 9.80 Å². The van der Waals surface area contributed by atoms with Gasteiger partial charge in [0.2, 0.25) is 0 Å². The van der Waals surface area contributed by atoms with Crippen LogP contribution in [0.5, 0.6) is 0 Å². The van der Waals surface area contributed by atoms with Crippen LogP contribution >= 0.6 is 24.0 Å². The first-order valence-electron chi connectivity index (χ1n) is 6.31. The molecule has 2 aromatic rings. The molecule has 1 aliphatic heterocycles. The standard InChI is InChI=1S/C15H17N3.HI/c1-12(2)17-11-18(13-7-4-3-5-8-13)15-14(17)9-6-10-16-15;/h3-10,12H,11H2,1-2H3;1H. The molecule has 4 heteroatoms. The summed E-state index contributed by atoms with van der Waals surface area (Å²) in [4.78, 5) is 9.16. The summed E-state index contributed by atoms with van der Waals surface area (Å²) in [5.74, 6) is 1.05. The number of anilines is 3. The Kier molecular flexibility index (Phi) is 4.29. The molecule has 0 radical (unpaired) electrons. The maximum atomic E-state index is 4.53. The lowest BCUT2D eigenvalue weighted by atomic mass is 10.3. The summed E-state index contributed by atoms with van der Waals surface area (Å²) in [6, 6.07) is 15.0. The number of hydrogen-bond acceptors (Lipinski definition) is 3. The highest BCUT2D eigenvalue weighted by molar-refractivity contribution is 14.0. The molecular formula is C15H18IN3. The van der Waals surface area contributed by atoms with Crippen molar-refractivity contribution in [3.63, 3.8) is 0 Å². The molecule has 3 nitrogen and oxygen atoms in total. The van der Waals surface area contributed by atoms with Gasteiger partial charge >= 0.3 is 0 Å². The lowest BCUT2D eigenvalue weighted by molar-refractivity contribution is 0.709. The van der Waals surface area contributed by atoms with Gasteiger partial charge in [0.1, 0.15) is 0 Å². The van der Waals surface area contributed by atoms with Gasteiger partial charge in [0.05, 0.1) is 12.4 Å². The van der Waals surface area contributed by atoms with Crippen molar-refractivity contribution in [2.45, 2.75) is 19.9 Å². The van der Waals surface area contributed by atoms with E-state index in [-0.39, 0.29) is 24.0 Å². The average molecular weight is 367 g/mol. The summed E-state index contributed by atoms with van der Waals surface area (Å²) in [6.45, 7) is 5.30. The molecule has 2 heterocycles. The molecule has 0 saturated carbocycles. The summed E-state index contributed by atoms with van der Waals surface area (Å²) in [7, 11) is 0. The van der Waals surface area contributed by atoms with Crippen molar-refractivity contribution >= 4 is 41.2 Å². The molecule has 0 unspecified atom stereocenters. The average Bonchev–Trinajstić information content (AvgIpc) is 2.79. The smallest absolute Gasteiger partial charge is 0.158 e. The number of fused-ring (bicyclic) bond motifs is 1. The Bertz CT molecular complexity index is 542. The highest BCUT2D eigenvalue weighted by atomic mass is 127. The Morgan fingerprint density at radius 3 is 2.47 bits per heavy atom. The number of pyridine rings is 1. The monoisotopic (exact) mass is 367 g/mol. The number of hydrogen-bond donors (Lipinski definition) is 0. The molecular weight excluding hydrogens is 349 g/mol. The highest BCUT2D eigenvalue weighted by Crippen LogP contribution is 2.39. The first-order chi connectivity index (χ1) is 8.77. The summed E-state index contributed by atoms with van der Waals surface area (Å²) in [5.41, 5.74) is 2.41. The maximum Gasteiger partial charge on any atom is 0.158 e. The first kappa shape index (κ1) is 14.1. The zero-order valence-corrected chi connectivity index (χ0v) is 13.5. The summed E-state index contributed by atoms with van der Waals surface area (Å²) < 4.78 is 0. The van der Waals surface area contributed by atoms with E-state index in [4.69, 9.17) is 0 Å². The first-order valence-corrected chi connectivity index (χ1v) is 6.31. The third-order valence-corrected chi connectivity index (χ3v) is 3.32. The largest absolute Gasteiger partial charge is 0.348 e. The zero-order chi connectivity index (χ0) is 12.5. The molecule has 1 aliphatic rings. The van der Waals surface area contributed by atoms with Crippen molar-refractivity contribution in [2.24, 2.45) is 0 Å². The van der Waals surface area contributed by atoms with E-state index < -0.39 is 0 Å². The van der Waals surface area contributed by atoms with Crippen LogP contribution in [0.2, 0.25) is 0 Å². The number of benzene rings is 1. The van der Waals surface area contributed by atoms with Gasteiger partial charge in [-0.1, -0.05) is 18.2 Å². The summed E-state index contributed by atoms with van der Waals surface area (Å²) >= 11 is 0. The molecule has 0 bridgehead atoms. The second kappa shape index (κ2) is 5.77. The normalized spacial score (nSPS) is 13.4. The van der Waals surface area contributed by atoms with E-state index in [1.54, 1.807) is 0 Å². The van der Waals surface area contributed by atoms with Crippen LogP contribution in [0.15, 0.2) is 48.7 Å². The lowest BCUT2D eigenvalue weighted by Crippen LogP contribution is -2.33. The van der Waals surface area contributed by atoms with E-state index in [1.807, 2.05) is 18.3 Å². The molecule has 1 aromatic carbocycles. The number of rotatable bonds is 2. The van der Waals surface area contributed by atoms with Crippen molar-refractivity contribution in [2.75, 3.05) is 16.5 Å². The molecule has 0 atom stereocenters. The second-order valence-corrected chi connectivity index (χ2v) is 4.81. The fourth-order valence-electron chi connectivity index (χ4n) is 2.37. The van der Waals surface area contributed by atoms with E-state index in [9.17, 15) is 0 Å². The predicted molar refractivity (Wildman–Crippen MR) is 90.7 cm³/mol. The zero-order valence-electron chi connectivity index (χ0n) is 11.2. The Morgan fingerprint density at radius 1 is 1.05 bits per heavy atom. The molecule has 100 valence electrons. The molecule has 0 fully saturated rings. The Balaban J connectivity index is 0.00000133. The van der Waals surface area contributed by atoms with Crippen LogP contribution in [0, 0.1) is 0 Å². The van der Waals surface area contributed by atoms with E-state index in [2.05, 4.69) is 59.0 Å². The van der Waals surface area contributed by atoms with E-state index in [0.29, 0.717) is 6.04 Å². The van der Waals surface area contributed by atoms with E-state index in [0.717, 1.165) is 12.5 Å². The number of para-hydroxylation sites is 1. The minimum absolute atomic E-state index is 0. The van der Waals surface area contributed by atoms with Crippen molar-refractivity contribution in [3.05, 3.63) is 48.7 Å². The van der Waals surface area contributed by atoms with Crippen LogP contribution in [0.3, 0.4) is 0 Å². The maximum absolute atomic E-state index is 4.53. The van der Waals surface area contributed by atoms with E-state index in [1.165, 1.54) is 11.4 Å². The minimum Gasteiger partial charge on any atom is -0.348 e. The quantitative estimate of drug-likeness (QED) is 0.748. The van der Waals surface area contributed by atoms with E-state index >= 15 is 0 Å². The second-order valence-electron chi connectivity index (χ2n) is 4.81. The topological polar surface area (TPSA) is 19.4 Å². The van der Waals surface area contributed by atoms with Gasteiger partial charge in [0.25, 0.3) is 0 Å². The molecule has 0 amide bonds. The van der Waals surface area contributed by atoms with Crippen LogP contribution in [0.1, 0.15) is 13.8 Å². The van der Waals surface area contributed by atoms with Gasteiger partial charge in [0.15, 0.2) is 5.82 Å². The predicted octanol–water partition coefficient (Wildman–Crippen LogP) is 4.02. The SMILES string of the molecule is CC(C)N1CN(c2ccccc2)c2ncccc21.I. The van der Waals surface area contributed by atoms with Crippen LogP contribution in [-0.2, 0) is 0 Å². The van der Waals surface area contributed by atoms with Crippen molar-refractivity contribution in [1.29, 1.82) is 0 Å².